The van der Waals surface area contributed by atoms with Gasteiger partial charge in [0.15, 0.2) is 0 Å². The van der Waals surface area contributed by atoms with Crippen LogP contribution in [0.15, 0.2) is 115 Å². The molecule has 0 aliphatic rings. The number of rotatable bonds is 9. The Morgan fingerprint density at radius 3 is 2.23 bits per heavy atom. The standard InChI is InChI=1S/C32H36N8/c1-22(32(4,5)6)18-31(33-7)39-24(3)38-28-12-10-27(11-13-28)37-23(2)25-8-14-29(15-9-25)40-20-26(19-36-40)30-16-17-34-21-35-30/h8-21,37-38H,2-3H2,1,4-7H3,(H,33,39)/b22-18+. The van der Waals surface area contributed by atoms with Crippen molar-refractivity contribution in [3.8, 4) is 16.9 Å². The Bertz CT molecular complexity index is 1520. The molecule has 0 aliphatic heterocycles. The lowest BCUT2D eigenvalue weighted by atomic mass is 9.87. The minimum absolute atomic E-state index is 0.0732. The summed E-state index contributed by atoms with van der Waals surface area (Å²) in [6.45, 7) is 16.9. The first-order valence-electron chi connectivity index (χ1n) is 13.0. The summed E-state index contributed by atoms with van der Waals surface area (Å²) in [5.74, 6) is 1.40. The van der Waals surface area contributed by atoms with Gasteiger partial charge in [-0.25, -0.2) is 14.6 Å². The van der Waals surface area contributed by atoms with Gasteiger partial charge in [-0.3, -0.25) is 4.99 Å². The zero-order valence-corrected chi connectivity index (χ0v) is 23.7. The summed E-state index contributed by atoms with van der Waals surface area (Å²) in [5, 5.41) is 14.4. The van der Waals surface area contributed by atoms with Gasteiger partial charge in [-0.15, -0.1) is 0 Å². The minimum Gasteiger partial charge on any atom is -0.356 e. The van der Waals surface area contributed by atoms with Gasteiger partial charge in [-0.1, -0.05) is 51.6 Å². The van der Waals surface area contributed by atoms with E-state index in [1.165, 1.54) is 11.9 Å². The maximum absolute atomic E-state index is 4.47. The highest BCUT2D eigenvalue weighted by molar-refractivity contribution is 5.95. The highest BCUT2D eigenvalue weighted by Gasteiger charge is 2.13. The third-order valence-corrected chi connectivity index (χ3v) is 6.47. The number of nitrogens with zero attached hydrogens (tertiary/aromatic N) is 5. The van der Waals surface area contributed by atoms with Crippen molar-refractivity contribution in [3.05, 3.63) is 116 Å². The molecule has 2 heterocycles. The lowest BCUT2D eigenvalue weighted by Crippen LogP contribution is -2.25. The molecular formula is C32H36N8. The number of hydrogen-bond acceptors (Lipinski definition) is 6. The Morgan fingerprint density at radius 2 is 1.62 bits per heavy atom. The van der Waals surface area contributed by atoms with Crippen LogP contribution in [0.25, 0.3) is 22.6 Å². The fourth-order valence-corrected chi connectivity index (χ4v) is 3.69. The fraction of sp³-hybridized carbons (Fsp3) is 0.188. The van der Waals surface area contributed by atoms with E-state index in [2.05, 4.69) is 76.9 Å². The van der Waals surface area contributed by atoms with E-state index in [1.807, 2.05) is 71.6 Å². The predicted molar refractivity (Wildman–Crippen MR) is 166 cm³/mol. The molecule has 0 amide bonds. The molecule has 4 rings (SSSR count). The molecule has 40 heavy (non-hydrogen) atoms. The van der Waals surface area contributed by atoms with Gasteiger partial charge >= 0.3 is 0 Å². The van der Waals surface area contributed by atoms with Gasteiger partial charge in [-0.05, 0) is 66.4 Å². The SMILES string of the molecule is C=C(NC(/C=C(\C)C(C)(C)C)=NC)Nc1ccc(NC(=C)c2ccc(-n3cc(-c4ccncn4)cn3)cc2)cc1. The molecular weight excluding hydrogens is 496 g/mol. The number of amidine groups is 1. The third kappa shape index (κ3) is 7.32. The molecule has 0 aliphatic carbocycles. The zero-order valence-electron chi connectivity index (χ0n) is 23.7. The lowest BCUT2D eigenvalue weighted by Gasteiger charge is -2.20. The topological polar surface area (TPSA) is 92.1 Å². The number of aromatic nitrogens is 4. The highest BCUT2D eigenvalue weighted by Crippen LogP contribution is 2.25. The second-order valence-electron chi connectivity index (χ2n) is 10.4. The summed E-state index contributed by atoms with van der Waals surface area (Å²) in [6.07, 6.45) is 9.04. The number of hydrogen-bond donors (Lipinski definition) is 3. The molecule has 0 saturated heterocycles. The molecule has 0 atom stereocenters. The molecule has 0 fully saturated rings. The summed E-state index contributed by atoms with van der Waals surface area (Å²) in [5.41, 5.74) is 7.63. The van der Waals surface area contributed by atoms with Crippen molar-refractivity contribution in [1.29, 1.82) is 0 Å². The highest BCUT2D eigenvalue weighted by atomic mass is 15.3. The molecule has 0 spiro atoms. The molecule has 0 bridgehead atoms. The van der Waals surface area contributed by atoms with Crippen LogP contribution in [0, 0.1) is 5.41 Å². The van der Waals surface area contributed by atoms with E-state index >= 15 is 0 Å². The van der Waals surface area contributed by atoms with Crippen LogP contribution in [-0.4, -0.2) is 32.6 Å². The van der Waals surface area contributed by atoms with Crippen LogP contribution < -0.4 is 16.0 Å². The zero-order chi connectivity index (χ0) is 28.7. The predicted octanol–water partition coefficient (Wildman–Crippen LogP) is 6.91. The van der Waals surface area contributed by atoms with Crippen LogP contribution in [0.4, 0.5) is 11.4 Å². The van der Waals surface area contributed by atoms with Crippen molar-refractivity contribution >= 4 is 22.9 Å². The summed E-state index contributed by atoms with van der Waals surface area (Å²) in [4.78, 5) is 12.6. The van der Waals surface area contributed by atoms with Crippen LogP contribution in [0.3, 0.4) is 0 Å². The molecule has 3 N–H and O–H groups in total. The maximum Gasteiger partial charge on any atom is 0.126 e. The molecule has 8 heteroatoms. The molecule has 8 nitrogen and oxygen atoms in total. The number of benzene rings is 2. The van der Waals surface area contributed by atoms with Crippen molar-refractivity contribution in [1.82, 2.24) is 25.1 Å². The summed E-state index contributed by atoms with van der Waals surface area (Å²) in [6, 6.07) is 17.9. The number of allylic oxidation sites excluding steroid dienone is 1. The van der Waals surface area contributed by atoms with Gasteiger partial charge in [0.2, 0.25) is 0 Å². The summed E-state index contributed by atoms with van der Waals surface area (Å²) < 4.78 is 1.82. The van der Waals surface area contributed by atoms with E-state index in [0.29, 0.717) is 5.82 Å². The van der Waals surface area contributed by atoms with Gasteiger partial charge < -0.3 is 16.0 Å². The minimum atomic E-state index is 0.0732. The van der Waals surface area contributed by atoms with Gasteiger partial charge in [-0.2, -0.15) is 5.10 Å². The Morgan fingerprint density at radius 1 is 0.950 bits per heavy atom. The quantitative estimate of drug-likeness (QED) is 0.160. The Hall–Kier alpha value is -4.98. The molecule has 2 aromatic heterocycles. The van der Waals surface area contributed by atoms with Crippen molar-refractivity contribution in [2.24, 2.45) is 10.4 Å². The average molecular weight is 533 g/mol. The van der Waals surface area contributed by atoms with E-state index in [0.717, 1.165) is 45.4 Å². The van der Waals surface area contributed by atoms with Crippen LogP contribution in [0.1, 0.15) is 33.3 Å². The molecule has 0 unspecified atom stereocenters. The van der Waals surface area contributed by atoms with E-state index < -0.39 is 0 Å². The number of anilines is 2. The van der Waals surface area contributed by atoms with E-state index in [9.17, 15) is 0 Å². The Balaban J connectivity index is 1.33. The van der Waals surface area contributed by atoms with E-state index in [-0.39, 0.29) is 5.41 Å². The average Bonchev–Trinajstić information content (AvgIpc) is 3.44. The lowest BCUT2D eigenvalue weighted by molar-refractivity contribution is 0.504. The maximum atomic E-state index is 4.47. The fourth-order valence-electron chi connectivity index (χ4n) is 3.69. The third-order valence-electron chi connectivity index (χ3n) is 6.47. The first-order chi connectivity index (χ1) is 19.1. The van der Waals surface area contributed by atoms with Gasteiger partial charge in [0, 0.05) is 42.1 Å². The summed E-state index contributed by atoms with van der Waals surface area (Å²) >= 11 is 0. The second-order valence-corrected chi connectivity index (χ2v) is 10.4. The first kappa shape index (κ1) is 28.0. The summed E-state index contributed by atoms with van der Waals surface area (Å²) in [7, 11) is 1.76. The van der Waals surface area contributed by atoms with Crippen molar-refractivity contribution < 1.29 is 0 Å². The second kappa shape index (κ2) is 12.3. The smallest absolute Gasteiger partial charge is 0.126 e. The van der Waals surface area contributed by atoms with Crippen LogP contribution in [0.2, 0.25) is 0 Å². The molecule has 4 aromatic rings. The Labute approximate surface area is 236 Å². The Kier molecular flexibility index (Phi) is 8.59. The van der Waals surface area contributed by atoms with E-state index in [4.69, 9.17) is 0 Å². The number of aliphatic imine (C=N–C) groups is 1. The van der Waals surface area contributed by atoms with Gasteiger partial charge in [0.1, 0.15) is 18.0 Å². The van der Waals surface area contributed by atoms with Crippen LogP contribution >= 0.6 is 0 Å². The van der Waals surface area contributed by atoms with Crippen LogP contribution in [-0.2, 0) is 0 Å². The normalized spacial score (nSPS) is 12.1. The molecule has 0 saturated carbocycles. The van der Waals surface area contributed by atoms with Gasteiger partial charge in [0.05, 0.1) is 17.6 Å². The van der Waals surface area contributed by atoms with Crippen molar-refractivity contribution in [3.63, 3.8) is 0 Å². The molecule has 0 radical (unpaired) electrons. The molecule has 204 valence electrons. The number of nitrogens with one attached hydrogen (secondary N) is 3. The first-order valence-corrected chi connectivity index (χ1v) is 13.0. The van der Waals surface area contributed by atoms with Crippen LogP contribution in [0.5, 0.6) is 0 Å². The monoisotopic (exact) mass is 532 g/mol. The van der Waals surface area contributed by atoms with Crippen molar-refractivity contribution in [2.75, 3.05) is 17.7 Å². The largest absolute Gasteiger partial charge is 0.356 e. The van der Waals surface area contributed by atoms with Crippen molar-refractivity contribution in [2.45, 2.75) is 27.7 Å². The molecule has 2 aromatic carbocycles. The van der Waals surface area contributed by atoms with Gasteiger partial charge in [0.25, 0.3) is 0 Å². The van der Waals surface area contributed by atoms with E-state index in [1.54, 1.807) is 19.4 Å².